The van der Waals surface area contributed by atoms with Crippen molar-refractivity contribution in [3.63, 3.8) is 0 Å². The van der Waals surface area contributed by atoms with Gasteiger partial charge in [0.05, 0.1) is 32.2 Å². The average molecular weight is 1060 g/mol. The summed E-state index contributed by atoms with van der Waals surface area (Å²) in [6.07, 6.45) is 3.70. The van der Waals surface area contributed by atoms with Gasteiger partial charge in [-0.2, -0.15) is 0 Å². The highest BCUT2D eigenvalue weighted by molar-refractivity contribution is 5.99. The standard InChI is InChI=1S/C50H68N12O14/c1-26(2)42(61-43(68)31(52)12-7-8-16-51)48(73)55-23-40(65)56-34(18-27-21-53-32-13-5-3-10-29(27)32)44(69)59-37(24-63)46(71)60-38(25-64)49(74)62-17-9-15-39(62)47(72)57-35(20-41(66)67)45(70)58-36(50(75)76)19-28-22-54-33-14-6-4-11-30(28)33/h3-6,10-11,13-14,21-22,26,31,34-39,42,53-54,63-64H,7-9,12,15-20,23-25,51-52H2,1-2H3,(H,55,73)(H,56,65)(H,57,72)(H,58,70)(H,59,69)(H,60,71)(H,61,68)(H,66,67)(H,75,76)/t31-,34-,35-,36-,37-,38-,39-,42-/m0/s1. The van der Waals surface area contributed by atoms with E-state index in [4.69, 9.17) is 11.5 Å². The summed E-state index contributed by atoms with van der Waals surface area (Å²) in [5.74, 6) is -10.7. The maximum absolute atomic E-state index is 14.0. The number of rotatable bonds is 29. The van der Waals surface area contributed by atoms with Crippen molar-refractivity contribution < 1.29 is 68.4 Å². The van der Waals surface area contributed by atoms with Gasteiger partial charge in [0.1, 0.15) is 42.3 Å². The third kappa shape index (κ3) is 16.0. The summed E-state index contributed by atoms with van der Waals surface area (Å²) in [4.78, 5) is 140. The Hall–Kier alpha value is -7.94. The number of H-pyrrole nitrogens is 2. The number of aromatic amines is 2. The van der Waals surface area contributed by atoms with Gasteiger partial charge >= 0.3 is 11.9 Å². The highest BCUT2D eigenvalue weighted by atomic mass is 16.4. The lowest BCUT2D eigenvalue weighted by molar-refractivity contribution is -0.145. The Kier molecular flexibility index (Phi) is 21.8. The molecule has 3 heterocycles. The predicted molar refractivity (Wildman–Crippen MR) is 273 cm³/mol. The van der Waals surface area contributed by atoms with Gasteiger partial charge in [-0.15, -0.1) is 0 Å². The highest BCUT2D eigenvalue weighted by Crippen LogP contribution is 2.22. The number of para-hydroxylation sites is 2. The number of aliphatic hydroxyl groups is 2. The molecule has 8 atom stereocenters. The van der Waals surface area contributed by atoms with Crippen molar-refractivity contribution in [2.24, 2.45) is 17.4 Å². The lowest BCUT2D eigenvalue weighted by Crippen LogP contribution is -2.61. The first-order valence-electron chi connectivity index (χ1n) is 24.9. The van der Waals surface area contributed by atoms with Crippen LogP contribution >= 0.6 is 0 Å². The maximum atomic E-state index is 14.0. The van der Waals surface area contributed by atoms with Crippen LogP contribution in [0.2, 0.25) is 0 Å². The van der Waals surface area contributed by atoms with Crippen molar-refractivity contribution in [2.45, 2.75) is 114 Å². The molecule has 1 saturated heterocycles. The fourth-order valence-corrected chi connectivity index (χ4v) is 8.76. The molecule has 1 aliphatic rings. The van der Waals surface area contributed by atoms with E-state index in [0.29, 0.717) is 58.7 Å². The van der Waals surface area contributed by atoms with Crippen LogP contribution in [0.5, 0.6) is 0 Å². The Morgan fingerprint density at radius 3 is 1.79 bits per heavy atom. The monoisotopic (exact) mass is 1060 g/mol. The summed E-state index contributed by atoms with van der Waals surface area (Å²) in [5.41, 5.74) is 14.1. The number of likely N-dealkylation sites (tertiary alicyclic amines) is 1. The number of benzene rings is 2. The molecule has 76 heavy (non-hydrogen) atoms. The van der Waals surface area contributed by atoms with Crippen LogP contribution in [0.25, 0.3) is 21.8 Å². The SMILES string of the molecule is CC(C)[C@H](NC(=O)[C@@H](N)CCCCN)C(=O)NCC(=O)N[C@@H](Cc1c[nH]c2ccccc12)C(=O)N[C@@H](CO)C(=O)N[C@@H](CO)C(=O)N1CCC[C@H]1C(=O)N[C@@H](CC(=O)O)C(=O)N[C@@H](Cc1c[nH]c2ccccc12)C(=O)O. The van der Waals surface area contributed by atoms with E-state index in [1.54, 1.807) is 74.8 Å². The molecule has 26 nitrogen and oxygen atoms in total. The van der Waals surface area contributed by atoms with E-state index in [0.717, 1.165) is 4.90 Å². The Morgan fingerprint density at radius 1 is 0.671 bits per heavy atom. The van der Waals surface area contributed by atoms with Gasteiger partial charge in [-0.05, 0) is 61.4 Å². The largest absolute Gasteiger partial charge is 0.481 e. The van der Waals surface area contributed by atoms with Crippen LogP contribution in [0.15, 0.2) is 60.9 Å². The number of fused-ring (bicyclic) bond motifs is 2. The fourth-order valence-electron chi connectivity index (χ4n) is 8.76. The minimum absolute atomic E-state index is 0.00544. The summed E-state index contributed by atoms with van der Waals surface area (Å²) < 4.78 is 0. The molecule has 0 unspecified atom stereocenters. The molecule has 0 aliphatic carbocycles. The van der Waals surface area contributed by atoms with Crippen molar-refractivity contribution in [3.05, 3.63) is 72.1 Å². The van der Waals surface area contributed by atoms with Crippen LogP contribution in [-0.4, -0.2) is 176 Å². The van der Waals surface area contributed by atoms with Gasteiger partial charge in [0.15, 0.2) is 0 Å². The van der Waals surface area contributed by atoms with E-state index >= 15 is 0 Å². The first-order valence-corrected chi connectivity index (χ1v) is 24.9. The number of hydrogen-bond acceptors (Lipinski definition) is 14. The first kappa shape index (κ1) is 58.9. The number of aromatic nitrogens is 2. The number of carboxylic acid groups (broad SMARTS) is 2. The number of aliphatic hydroxyl groups excluding tert-OH is 2. The quantitative estimate of drug-likeness (QED) is 0.0243. The number of unbranched alkanes of at least 4 members (excludes halogenated alkanes) is 1. The second kappa shape index (κ2) is 28.1. The molecule has 0 radical (unpaired) electrons. The van der Waals surface area contributed by atoms with Crippen molar-refractivity contribution in [2.75, 3.05) is 32.8 Å². The summed E-state index contributed by atoms with van der Waals surface area (Å²) in [6, 6.07) is 2.48. The molecule has 1 aliphatic heterocycles. The van der Waals surface area contributed by atoms with Crippen LogP contribution in [-0.2, 0) is 60.8 Å². The molecule has 2 aromatic carbocycles. The fraction of sp³-hybridized carbons (Fsp3) is 0.480. The minimum atomic E-state index is -1.80. The molecule has 0 bridgehead atoms. The van der Waals surface area contributed by atoms with E-state index in [2.05, 4.69) is 47.2 Å². The van der Waals surface area contributed by atoms with E-state index in [-0.39, 0.29) is 32.2 Å². The molecule has 1 fully saturated rings. The van der Waals surface area contributed by atoms with Gasteiger partial charge in [0.2, 0.25) is 47.3 Å². The molecular weight excluding hydrogens is 993 g/mol. The summed E-state index contributed by atoms with van der Waals surface area (Å²) in [7, 11) is 0. The molecule has 412 valence electrons. The number of nitrogens with one attached hydrogen (secondary N) is 9. The van der Waals surface area contributed by atoms with Crippen molar-refractivity contribution in [3.8, 4) is 0 Å². The normalized spacial score (nSPS) is 16.1. The lowest BCUT2D eigenvalue weighted by atomic mass is 10.0. The van der Waals surface area contributed by atoms with E-state index < -0.39 is 140 Å². The molecule has 0 saturated carbocycles. The maximum Gasteiger partial charge on any atom is 0.326 e. The summed E-state index contributed by atoms with van der Waals surface area (Å²) >= 11 is 0. The molecule has 26 heteroatoms. The van der Waals surface area contributed by atoms with Crippen molar-refractivity contribution >= 4 is 81.0 Å². The minimum Gasteiger partial charge on any atom is -0.481 e. The zero-order chi connectivity index (χ0) is 55.6. The topological polar surface area (TPSA) is 423 Å². The first-order chi connectivity index (χ1) is 36.3. The number of carbonyl (C=O) groups is 10. The zero-order valence-electron chi connectivity index (χ0n) is 42.1. The highest BCUT2D eigenvalue weighted by Gasteiger charge is 2.40. The van der Waals surface area contributed by atoms with Crippen LogP contribution in [0.3, 0.4) is 0 Å². The number of nitrogens with zero attached hydrogens (tertiary/aromatic N) is 1. The smallest absolute Gasteiger partial charge is 0.326 e. The Labute approximate surface area is 436 Å². The van der Waals surface area contributed by atoms with Crippen LogP contribution in [0.1, 0.15) is 63.5 Å². The van der Waals surface area contributed by atoms with Crippen LogP contribution in [0, 0.1) is 5.92 Å². The zero-order valence-corrected chi connectivity index (χ0v) is 42.1. The summed E-state index contributed by atoms with van der Waals surface area (Å²) in [6.45, 7) is 0.980. The van der Waals surface area contributed by atoms with Crippen LogP contribution in [0.4, 0.5) is 0 Å². The Morgan fingerprint density at radius 2 is 1.22 bits per heavy atom. The van der Waals surface area contributed by atoms with E-state index in [1.165, 1.54) is 0 Å². The van der Waals surface area contributed by atoms with Crippen molar-refractivity contribution in [1.29, 1.82) is 0 Å². The molecule has 2 aromatic heterocycles. The number of amides is 8. The number of carboxylic acids is 2. The molecule has 8 amide bonds. The van der Waals surface area contributed by atoms with Crippen molar-refractivity contribution in [1.82, 2.24) is 52.1 Å². The van der Waals surface area contributed by atoms with Gasteiger partial charge in [-0.3, -0.25) is 43.2 Å². The molecule has 4 aromatic rings. The van der Waals surface area contributed by atoms with Gasteiger partial charge in [0.25, 0.3) is 0 Å². The second-order valence-corrected chi connectivity index (χ2v) is 18.8. The molecular formula is C50H68N12O14. The van der Waals surface area contributed by atoms with Gasteiger partial charge in [0, 0.05) is 53.6 Å². The van der Waals surface area contributed by atoms with E-state index in [9.17, 15) is 68.4 Å². The molecule has 0 spiro atoms. The Bertz CT molecular complexity index is 2730. The predicted octanol–water partition coefficient (Wildman–Crippen LogP) is -2.89. The number of aliphatic carboxylic acids is 2. The number of nitrogens with two attached hydrogens (primary N) is 2. The van der Waals surface area contributed by atoms with Gasteiger partial charge < -0.3 is 84.0 Å². The molecule has 17 N–H and O–H groups in total. The Balaban J connectivity index is 1.23. The summed E-state index contributed by atoms with van der Waals surface area (Å²) in [5, 5.41) is 58.6. The van der Waals surface area contributed by atoms with Crippen LogP contribution < -0.4 is 48.7 Å². The van der Waals surface area contributed by atoms with Gasteiger partial charge in [-0.1, -0.05) is 56.7 Å². The third-order valence-corrected chi connectivity index (χ3v) is 12.9. The lowest BCUT2D eigenvalue weighted by Gasteiger charge is -2.30. The van der Waals surface area contributed by atoms with E-state index in [1.807, 2.05) is 0 Å². The molecule has 5 rings (SSSR count). The number of carbonyl (C=O) groups excluding carboxylic acids is 8. The second-order valence-electron chi connectivity index (χ2n) is 18.8. The third-order valence-electron chi connectivity index (χ3n) is 12.9. The number of hydrogen-bond donors (Lipinski definition) is 15. The average Bonchev–Trinajstić information content (AvgIpc) is 4.16. The van der Waals surface area contributed by atoms with Gasteiger partial charge in [-0.25, -0.2) is 4.79 Å².